The van der Waals surface area contributed by atoms with Crippen LogP contribution < -0.4 is 5.73 Å². The molecular weight excluding hydrogens is 210 g/mol. The van der Waals surface area contributed by atoms with Crippen LogP contribution in [0.25, 0.3) is 0 Å². The number of aromatic nitrogens is 2. The zero-order valence-electron chi connectivity index (χ0n) is 10.0. The number of rotatable bonds is 7. The van der Waals surface area contributed by atoms with Crippen LogP contribution in [0.15, 0.2) is 4.52 Å². The molecule has 0 saturated heterocycles. The molecule has 16 heavy (non-hydrogen) atoms. The number of methoxy groups -OCH3 is 1. The van der Waals surface area contributed by atoms with Crippen LogP contribution in [0.3, 0.4) is 0 Å². The molecular formula is C10H19N3O3. The van der Waals surface area contributed by atoms with Crippen molar-refractivity contribution < 1.29 is 14.0 Å². The van der Waals surface area contributed by atoms with Crippen molar-refractivity contribution in [3.05, 3.63) is 11.7 Å². The maximum Gasteiger partial charge on any atom is 0.246 e. The molecule has 0 aromatic carbocycles. The molecule has 0 fully saturated rings. The van der Waals surface area contributed by atoms with Gasteiger partial charge in [0.25, 0.3) is 0 Å². The highest BCUT2D eigenvalue weighted by Gasteiger charge is 2.21. The zero-order chi connectivity index (χ0) is 12.0. The van der Waals surface area contributed by atoms with E-state index >= 15 is 0 Å². The van der Waals surface area contributed by atoms with Crippen LogP contribution in [-0.2, 0) is 21.4 Å². The molecule has 0 atom stereocenters. The molecule has 0 unspecified atom stereocenters. The topological polar surface area (TPSA) is 83.4 Å². The van der Waals surface area contributed by atoms with Crippen LogP contribution in [0.2, 0.25) is 0 Å². The lowest BCUT2D eigenvalue weighted by Gasteiger charge is -2.10. The lowest BCUT2D eigenvalue weighted by Crippen LogP contribution is -2.29. The summed E-state index contributed by atoms with van der Waals surface area (Å²) in [4.78, 5) is 4.19. The van der Waals surface area contributed by atoms with Gasteiger partial charge in [0.1, 0.15) is 0 Å². The van der Waals surface area contributed by atoms with E-state index in [0.717, 1.165) is 0 Å². The molecule has 0 aliphatic carbocycles. The van der Waals surface area contributed by atoms with Gasteiger partial charge in [-0.3, -0.25) is 0 Å². The summed E-state index contributed by atoms with van der Waals surface area (Å²) in [5.74, 6) is 1.06. The van der Waals surface area contributed by atoms with Crippen LogP contribution >= 0.6 is 0 Å². The smallest absolute Gasteiger partial charge is 0.246 e. The van der Waals surface area contributed by atoms with Crippen molar-refractivity contribution in [1.82, 2.24) is 10.1 Å². The van der Waals surface area contributed by atoms with E-state index in [-0.39, 0.29) is 0 Å². The minimum Gasteiger partial charge on any atom is -0.382 e. The lowest BCUT2D eigenvalue weighted by atomic mass is 10.1. The van der Waals surface area contributed by atoms with E-state index in [9.17, 15) is 0 Å². The fourth-order valence-electron chi connectivity index (χ4n) is 1.03. The molecule has 0 aliphatic rings. The Morgan fingerprint density at radius 2 is 2.06 bits per heavy atom. The van der Waals surface area contributed by atoms with Crippen molar-refractivity contribution in [3.63, 3.8) is 0 Å². The van der Waals surface area contributed by atoms with E-state index in [4.69, 9.17) is 19.7 Å². The maximum atomic E-state index is 5.82. The average Bonchev–Trinajstić information content (AvgIpc) is 2.65. The van der Waals surface area contributed by atoms with Crippen LogP contribution in [0.4, 0.5) is 0 Å². The van der Waals surface area contributed by atoms with Gasteiger partial charge in [0.15, 0.2) is 5.82 Å². The van der Waals surface area contributed by atoms with Crippen LogP contribution in [0, 0.1) is 0 Å². The predicted octanol–water partition coefficient (Wildman–Crippen LogP) is 0.469. The van der Waals surface area contributed by atoms with Crippen molar-refractivity contribution >= 4 is 0 Å². The molecule has 2 N–H and O–H groups in total. The fourth-order valence-corrected chi connectivity index (χ4v) is 1.03. The number of hydrogen-bond acceptors (Lipinski definition) is 6. The quantitative estimate of drug-likeness (QED) is 0.684. The lowest BCUT2D eigenvalue weighted by molar-refractivity contribution is 0.0714. The number of nitrogens with zero attached hydrogens (tertiary/aromatic N) is 2. The molecule has 0 bridgehead atoms. The monoisotopic (exact) mass is 229 g/mol. The van der Waals surface area contributed by atoms with Crippen molar-refractivity contribution in [2.45, 2.75) is 25.8 Å². The first kappa shape index (κ1) is 13.1. The third kappa shape index (κ3) is 4.26. The third-order valence-corrected chi connectivity index (χ3v) is 1.92. The second kappa shape index (κ2) is 5.93. The zero-order valence-corrected chi connectivity index (χ0v) is 10.0. The Balaban J connectivity index is 2.30. The van der Waals surface area contributed by atoms with Crippen LogP contribution in [0.5, 0.6) is 0 Å². The third-order valence-electron chi connectivity index (χ3n) is 1.92. The second-order valence-electron chi connectivity index (χ2n) is 4.09. The highest BCUT2D eigenvalue weighted by molar-refractivity contribution is 4.97. The minimum absolute atomic E-state index is 0.444. The van der Waals surface area contributed by atoms with Gasteiger partial charge in [-0.1, -0.05) is 5.16 Å². The summed E-state index contributed by atoms with van der Waals surface area (Å²) in [7, 11) is 1.64. The largest absolute Gasteiger partial charge is 0.382 e. The number of nitrogens with two attached hydrogens (primary N) is 1. The molecule has 92 valence electrons. The normalized spacial score (nSPS) is 12.0. The summed E-state index contributed by atoms with van der Waals surface area (Å²) in [6.07, 6.45) is 0.614. The second-order valence-corrected chi connectivity index (χ2v) is 4.09. The number of hydrogen-bond donors (Lipinski definition) is 1. The van der Waals surface area contributed by atoms with Crippen molar-refractivity contribution in [2.24, 2.45) is 5.73 Å². The van der Waals surface area contributed by atoms with Crippen molar-refractivity contribution in [3.8, 4) is 0 Å². The molecule has 0 amide bonds. The molecule has 6 heteroatoms. The molecule has 0 saturated carbocycles. The fraction of sp³-hybridized carbons (Fsp3) is 0.800. The van der Waals surface area contributed by atoms with Crippen LogP contribution in [-0.4, -0.2) is 37.1 Å². The number of ether oxygens (including phenoxy) is 2. The summed E-state index contributed by atoms with van der Waals surface area (Å²) in [6.45, 7) is 5.35. The Kier molecular flexibility index (Phi) is 4.85. The van der Waals surface area contributed by atoms with E-state index in [0.29, 0.717) is 38.0 Å². The Morgan fingerprint density at radius 1 is 1.31 bits per heavy atom. The van der Waals surface area contributed by atoms with Gasteiger partial charge in [0.2, 0.25) is 5.89 Å². The summed E-state index contributed by atoms with van der Waals surface area (Å²) < 4.78 is 15.2. The average molecular weight is 229 g/mol. The Morgan fingerprint density at radius 3 is 2.62 bits per heavy atom. The van der Waals surface area contributed by atoms with E-state index in [1.165, 1.54) is 0 Å². The Bertz CT molecular complexity index is 307. The minimum atomic E-state index is -0.595. The van der Waals surface area contributed by atoms with Crippen molar-refractivity contribution in [1.29, 1.82) is 0 Å². The first-order valence-corrected chi connectivity index (χ1v) is 5.22. The molecule has 1 aromatic heterocycles. The van der Waals surface area contributed by atoms with E-state index in [2.05, 4.69) is 10.1 Å². The highest BCUT2D eigenvalue weighted by atomic mass is 16.5. The first-order valence-electron chi connectivity index (χ1n) is 5.22. The first-order chi connectivity index (χ1) is 7.54. The van der Waals surface area contributed by atoms with E-state index in [1.54, 1.807) is 7.11 Å². The SMILES string of the molecule is COCCOCCc1noc(C(C)(C)N)n1. The van der Waals surface area contributed by atoms with Gasteiger partial charge < -0.3 is 19.7 Å². The summed E-state index contributed by atoms with van der Waals surface area (Å²) in [5, 5.41) is 3.82. The Labute approximate surface area is 95.1 Å². The van der Waals surface area contributed by atoms with Gasteiger partial charge in [0, 0.05) is 13.5 Å². The molecule has 6 nitrogen and oxygen atoms in total. The van der Waals surface area contributed by atoms with Crippen molar-refractivity contribution in [2.75, 3.05) is 26.9 Å². The van der Waals surface area contributed by atoms with E-state index in [1.807, 2.05) is 13.8 Å². The maximum absolute atomic E-state index is 5.82. The molecule has 0 radical (unpaired) electrons. The Hall–Kier alpha value is -0.980. The highest BCUT2D eigenvalue weighted by Crippen LogP contribution is 2.13. The van der Waals surface area contributed by atoms with E-state index < -0.39 is 5.54 Å². The molecule has 0 aliphatic heterocycles. The standard InChI is InChI=1S/C10H19N3O3/c1-10(2,11)9-12-8(13-16-9)4-5-15-7-6-14-3/h4-7,11H2,1-3H3. The van der Waals surface area contributed by atoms with Gasteiger partial charge in [-0.05, 0) is 13.8 Å². The summed E-state index contributed by atoms with van der Waals surface area (Å²) >= 11 is 0. The van der Waals surface area contributed by atoms with Gasteiger partial charge >= 0.3 is 0 Å². The molecule has 1 heterocycles. The van der Waals surface area contributed by atoms with Gasteiger partial charge in [-0.15, -0.1) is 0 Å². The molecule has 1 rings (SSSR count). The van der Waals surface area contributed by atoms with Gasteiger partial charge in [0.05, 0.1) is 25.4 Å². The summed E-state index contributed by atoms with van der Waals surface area (Å²) in [6, 6.07) is 0. The molecule has 0 spiro atoms. The summed E-state index contributed by atoms with van der Waals surface area (Å²) in [5.41, 5.74) is 5.23. The van der Waals surface area contributed by atoms with Gasteiger partial charge in [-0.25, -0.2) is 0 Å². The van der Waals surface area contributed by atoms with Crippen LogP contribution in [0.1, 0.15) is 25.6 Å². The molecule has 1 aromatic rings. The van der Waals surface area contributed by atoms with Gasteiger partial charge in [-0.2, -0.15) is 4.98 Å². The predicted molar refractivity (Wildman–Crippen MR) is 57.9 cm³/mol.